The number of hydrogen-bond donors (Lipinski definition) is 1. The van der Waals surface area contributed by atoms with Crippen molar-refractivity contribution in [3.63, 3.8) is 0 Å². The van der Waals surface area contributed by atoms with Gasteiger partial charge in [-0.25, -0.2) is 13.8 Å². The molecule has 3 nitrogen and oxygen atoms in total. The number of aromatic nitrogens is 1. The Morgan fingerprint density at radius 2 is 2.00 bits per heavy atom. The van der Waals surface area contributed by atoms with Crippen LogP contribution in [0.2, 0.25) is 0 Å². The minimum absolute atomic E-state index is 0.276. The Labute approximate surface area is 103 Å². The van der Waals surface area contributed by atoms with E-state index in [4.69, 9.17) is 17.3 Å². The monoisotopic (exact) mass is 288 g/mol. The van der Waals surface area contributed by atoms with E-state index in [1.54, 1.807) is 0 Å². The average Bonchev–Trinajstić information content (AvgIpc) is 2.25. The van der Waals surface area contributed by atoms with Gasteiger partial charge in [0.2, 0.25) is 0 Å². The minimum Gasteiger partial charge on any atom is -0.325 e. The molecule has 0 saturated heterocycles. The molecule has 0 bridgehead atoms. The van der Waals surface area contributed by atoms with Gasteiger partial charge in [-0.15, -0.1) is 0 Å². The number of nitrogens with two attached hydrogens (primary N) is 1. The highest BCUT2D eigenvalue weighted by Crippen LogP contribution is 2.38. The molecule has 0 aromatic carbocycles. The predicted octanol–water partition coefficient (Wildman–Crippen LogP) is 2.88. The molecule has 0 fully saturated rings. The van der Waals surface area contributed by atoms with E-state index in [0.29, 0.717) is 6.07 Å². The molecule has 1 aromatic rings. The molecule has 18 heavy (non-hydrogen) atoms. The van der Waals surface area contributed by atoms with E-state index in [-0.39, 0.29) is 5.69 Å². The third-order valence-corrected chi connectivity index (χ3v) is 2.22. The summed E-state index contributed by atoms with van der Waals surface area (Å²) in [5, 5.41) is -1.50. The van der Waals surface area contributed by atoms with Crippen LogP contribution >= 0.6 is 11.6 Å². The van der Waals surface area contributed by atoms with Crippen LogP contribution in [0, 0.1) is 0 Å². The van der Waals surface area contributed by atoms with Crippen LogP contribution in [0.1, 0.15) is 33.7 Å². The molecule has 0 aliphatic heterocycles. The lowest BCUT2D eigenvalue weighted by Crippen LogP contribution is -2.18. The largest absolute Gasteiger partial charge is 0.419 e. The second-order valence-corrected chi connectivity index (χ2v) is 3.54. The molecular weight excluding hydrogens is 283 g/mol. The predicted molar refractivity (Wildman–Crippen MR) is 52.3 cm³/mol. The Bertz CT molecular complexity index is 475. The molecule has 0 aliphatic carbocycles. The van der Waals surface area contributed by atoms with E-state index in [2.05, 4.69) is 4.98 Å². The summed E-state index contributed by atoms with van der Waals surface area (Å²) in [4.78, 5) is 14.0. The van der Waals surface area contributed by atoms with Crippen molar-refractivity contribution in [2.24, 2.45) is 5.73 Å². The fourth-order valence-corrected chi connectivity index (χ4v) is 1.48. The van der Waals surface area contributed by atoms with Crippen LogP contribution < -0.4 is 5.73 Å². The van der Waals surface area contributed by atoms with Crippen molar-refractivity contribution in [2.75, 3.05) is 0 Å². The fourth-order valence-electron chi connectivity index (χ4n) is 1.34. The Morgan fingerprint density at radius 3 is 2.33 bits per heavy atom. The average molecular weight is 289 g/mol. The number of nitrogens with zero attached hydrogens (tertiary/aromatic N) is 1. The van der Waals surface area contributed by atoms with Gasteiger partial charge in [-0.1, -0.05) is 0 Å². The number of carbonyl (C=O) groups excluding carboxylic acids is 1. The summed E-state index contributed by atoms with van der Waals surface area (Å²) in [6, 6.07) is 0.657. The Balaban J connectivity index is 3.67. The van der Waals surface area contributed by atoms with Crippen molar-refractivity contribution in [1.82, 2.24) is 4.98 Å². The van der Waals surface area contributed by atoms with E-state index in [0.717, 1.165) is 0 Å². The third-order valence-electron chi connectivity index (χ3n) is 2.01. The van der Waals surface area contributed by atoms with Crippen molar-refractivity contribution in [1.29, 1.82) is 0 Å². The van der Waals surface area contributed by atoms with Crippen LogP contribution in [0.3, 0.4) is 0 Å². The number of halogens is 6. The maximum absolute atomic E-state index is 12.6. The molecule has 0 amide bonds. The zero-order valence-corrected chi connectivity index (χ0v) is 9.32. The zero-order valence-electron chi connectivity index (χ0n) is 8.56. The Hall–Kier alpha value is -1.28. The first-order chi connectivity index (χ1) is 8.18. The summed E-state index contributed by atoms with van der Waals surface area (Å²) in [6.45, 7) is -0.394. The molecule has 0 radical (unpaired) electrons. The van der Waals surface area contributed by atoms with Crippen LogP contribution in [0.15, 0.2) is 6.07 Å². The molecule has 0 aliphatic rings. The van der Waals surface area contributed by atoms with E-state index in [1.165, 1.54) is 0 Å². The molecular formula is C9H6ClF5N2O. The fraction of sp³-hybridized carbons (Fsp3) is 0.333. The van der Waals surface area contributed by atoms with Gasteiger partial charge in [-0.2, -0.15) is 13.2 Å². The number of alkyl halides is 5. The molecule has 9 heteroatoms. The van der Waals surface area contributed by atoms with Crippen LogP contribution in [0.25, 0.3) is 0 Å². The lowest BCUT2D eigenvalue weighted by atomic mass is 10.0. The van der Waals surface area contributed by atoms with Crippen molar-refractivity contribution in [2.45, 2.75) is 19.1 Å². The number of pyridine rings is 1. The maximum atomic E-state index is 12.6. The summed E-state index contributed by atoms with van der Waals surface area (Å²) < 4.78 is 63.1. The molecule has 0 atom stereocenters. The Kier molecular flexibility index (Phi) is 4.23. The van der Waals surface area contributed by atoms with Gasteiger partial charge in [-0.05, 0) is 17.7 Å². The number of rotatable bonds is 3. The quantitative estimate of drug-likeness (QED) is 0.687. The standard InChI is InChI=1S/C9H6ClF5N2O/c10-7(18)4-1-3(2-16)17-6(8(11)12)5(4)9(13,14)15/h1,8H,2,16H2. The van der Waals surface area contributed by atoms with Crippen LogP contribution in [-0.4, -0.2) is 10.2 Å². The van der Waals surface area contributed by atoms with Gasteiger partial charge in [-0.3, -0.25) is 4.79 Å². The lowest BCUT2D eigenvalue weighted by Gasteiger charge is -2.15. The lowest BCUT2D eigenvalue weighted by molar-refractivity contribution is -0.140. The van der Waals surface area contributed by atoms with Gasteiger partial charge in [0.1, 0.15) is 5.69 Å². The second kappa shape index (κ2) is 5.15. The molecule has 100 valence electrons. The second-order valence-electron chi connectivity index (χ2n) is 3.20. The van der Waals surface area contributed by atoms with Gasteiger partial charge in [0.05, 0.1) is 16.8 Å². The summed E-state index contributed by atoms with van der Waals surface area (Å²) in [6.07, 6.45) is -8.66. The summed E-state index contributed by atoms with van der Waals surface area (Å²) in [7, 11) is 0. The first kappa shape index (κ1) is 14.8. The van der Waals surface area contributed by atoms with Gasteiger partial charge in [0.25, 0.3) is 11.7 Å². The molecule has 1 rings (SSSR count). The first-order valence-electron chi connectivity index (χ1n) is 4.47. The van der Waals surface area contributed by atoms with Crippen LogP contribution in [0.4, 0.5) is 22.0 Å². The normalized spacial score (nSPS) is 12.0. The highest BCUT2D eigenvalue weighted by molar-refractivity contribution is 6.68. The smallest absolute Gasteiger partial charge is 0.325 e. The maximum Gasteiger partial charge on any atom is 0.419 e. The van der Waals surface area contributed by atoms with Gasteiger partial charge >= 0.3 is 6.18 Å². The molecule has 2 N–H and O–H groups in total. The summed E-state index contributed by atoms with van der Waals surface area (Å²) >= 11 is 4.97. The van der Waals surface area contributed by atoms with E-state index in [9.17, 15) is 26.7 Å². The topological polar surface area (TPSA) is 56.0 Å². The SMILES string of the molecule is NCc1cc(C(=O)Cl)c(C(F)(F)F)c(C(F)F)n1. The van der Waals surface area contributed by atoms with Crippen molar-refractivity contribution in [3.05, 3.63) is 28.6 Å². The highest BCUT2D eigenvalue weighted by atomic mass is 35.5. The molecule has 0 unspecified atom stereocenters. The first-order valence-corrected chi connectivity index (χ1v) is 4.85. The third kappa shape index (κ3) is 2.94. The van der Waals surface area contributed by atoms with Crippen molar-refractivity contribution < 1.29 is 26.7 Å². The number of carbonyl (C=O) groups is 1. The van der Waals surface area contributed by atoms with Crippen molar-refractivity contribution >= 4 is 16.8 Å². The Morgan fingerprint density at radius 1 is 1.44 bits per heavy atom. The van der Waals surface area contributed by atoms with E-state index in [1.807, 2.05) is 0 Å². The van der Waals surface area contributed by atoms with Gasteiger partial charge in [0.15, 0.2) is 0 Å². The highest BCUT2D eigenvalue weighted by Gasteiger charge is 2.41. The van der Waals surface area contributed by atoms with Crippen LogP contribution in [0.5, 0.6) is 0 Å². The zero-order chi connectivity index (χ0) is 14.1. The van der Waals surface area contributed by atoms with Crippen LogP contribution in [-0.2, 0) is 12.7 Å². The van der Waals surface area contributed by atoms with Gasteiger partial charge < -0.3 is 5.73 Å². The molecule has 1 aromatic heterocycles. The van der Waals surface area contributed by atoms with E-state index < -0.39 is 41.2 Å². The van der Waals surface area contributed by atoms with Crippen molar-refractivity contribution in [3.8, 4) is 0 Å². The summed E-state index contributed by atoms with van der Waals surface area (Å²) in [5.74, 6) is 0. The van der Waals surface area contributed by atoms with E-state index >= 15 is 0 Å². The molecule has 0 saturated carbocycles. The summed E-state index contributed by atoms with van der Waals surface area (Å²) in [5.41, 5.74) is 0.383. The molecule has 0 spiro atoms. The molecule has 1 heterocycles. The number of hydrogen-bond acceptors (Lipinski definition) is 3. The van der Waals surface area contributed by atoms with Gasteiger partial charge in [0, 0.05) is 6.54 Å². The minimum atomic E-state index is -5.16.